The van der Waals surface area contributed by atoms with Crippen LogP contribution in [0.4, 0.5) is 5.69 Å². The molecule has 0 fully saturated rings. The lowest BCUT2D eigenvalue weighted by Gasteiger charge is -2.29. The molecule has 3 aromatic carbocycles. The molecule has 0 aliphatic rings. The number of amides is 1. The molecule has 0 saturated heterocycles. The lowest BCUT2D eigenvalue weighted by molar-refractivity contribution is -0.384. The van der Waals surface area contributed by atoms with E-state index in [-0.39, 0.29) is 23.7 Å². The molecule has 0 bridgehead atoms. The number of carbonyl (C=O) groups is 2. The van der Waals surface area contributed by atoms with Crippen molar-refractivity contribution >= 4 is 17.9 Å². The number of hydrogen-bond donors (Lipinski definition) is 0. The third-order valence-electron chi connectivity index (χ3n) is 4.39. The third-order valence-corrected chi connectivity index (χ3v) is 4.39. The lowest BCUT2D eigenvalue weighted by atomic mass is 10.0. The van der Waals surface area contributed by atoms with E-state index in [1.165, 1.54) is 29.2 Å². The number of carbonyl (C=O) groups excluding carboxylic acids is 2. The Kier molecular flexibility index (Phi) is 5.91. The minimum absolute atomic E-state index is 0.0962. The molecule has 0 radical (unpaired) electrons. The van der Waals surface area contributed by atoms with Crippen LogP contribution in [-0.4, -0.2) is 22.0 Å². The predicted molar refractivity (Wildman–Crippen MR) is 105 cm³/mol. The van der Waals surface area contributed by atoms with Gasteiger partial charge in [-0.05, 0) is 23.3 Å². The van der Waals surface area contributed by atoms with Crippen molar-refractivity contribution in [1.29, 1.82) is 0 Å². The van der Waals surface area contributed by atoms with Crippen molar-refractivity contribution in [3.05, 3.63) is 112 Å². The Balaban J connectivity index is 1.98. The molecule has 0 saturated carbocycles. The average Bonchev–Trinajstić information content (AvgIpc) is 2.74. The van der Waals surface area contributed by atoms with Crippen LogP contribution in [0.3, 0.4) is 0 Å². The van der Waals surface area contributed by atoms with Gasteiger partial charge in [-0.25, -0.2) is 0 Å². The minimum atomic E-state index is -0.774. The molecule has 0 aliphatic carbocycles. The molecule has 1 amide bonds. The van der Waals surface area contributed by atoms with Gasteiger partial charge in [0.05, 0.1) is 4.92 Å². The fourth-order valence-electron chi connectivity index (χ4n) is 2.95. The van der Waals surface area contributed by atoms with Gasteiger partial charge in [0, 0.05) is 24.2 Å². The van der Waals surface area contributed by atoms with Gasteiger partial charge < -0.3 is 9.69 Å². The monoisotopic (exact) mass is 374 g/mol. The summed E-state index contributed by atoms with van der Waals surface area (Å²) in [5.41, 5.74) is 1.76. The first-order valence-electron chi connectivity index (χ1n) is 8.69. The number of nitro groups is 1. The standard InChI is InChI=1S/C22H18N2O4/c25-16-21(18-9-5-2-6-10-18)23(15-17-7-3-1-4-8-17)22(26)19-11-13-20(14-12-19)24(27)28/h1-14,16,21H,15H2. The predicted octanol–water partition coefficient (Wildman–Crippen LogP) is 4.18. The zero-order chi connectivity index (χ0) is 19.9. The number of nitro benzene ring substituents is 1. The van der Waals surface area contributed by atoms with Gasteiger partial charge in [-0.15, -0.1) is 0 Å². The van der Waals surface area contributed by atoms with Gasteiger partial charge in [0.25, 0.3) is 11.6 Å². The van der Waals surface area contributed by atoms with E-state index in [0.717, 1.165) is 11.8 Å². The van der Waals surface area contributed by atoms with Crippen LogP contribution in [0.2, 0.25) is 0 Å². The fraction of sp³-hybridized carbons (Fsp3) is 0.0909. The summed E-state index contributed by atoms with van der Waals surface area (Å²) in [7, 11) is 0. The zero-order valence-electron chi connectivity index (χ0n) is 15.0. The van der Waals surface area contributed by atoms with Crippen molar-refractivity contribution in [2.24, 2.45) is 0 Å². The highest BCUT2D eigenvalue weighted by Crippen LogP contribution is 2.24. The lowest BCUT2D eigenvalue weighted by Crippen LogP contribution is -2.35. The average molecular weight is 374 g/mol. The molecule has 28 heavy (non-hydrogen) atoms. The highest BCUT2D eigenvalue weighted by molar-refractivity contribution is 5.96. The first-order valence-corrected chi connectivity index (χ1v) is 8.69. The van der Waals surface area contributed by atoms with Gasteiger partial charge in [0.1, 0.15) is 12.3 Å². The number of nitrogens with zero attached hydrogens (tertiary/aromatic N) is 2. The minimum Gasteiger partial charge on any atom is -0.320 e. The van der Waals surface area contributed by atoms with Crippen molar-refractivity contribution in [2.75, 3.05) is 0 Å². The SMILES string of the molecule is O=CC(c1ccccc1)N(Cc1ccccc1)C(=O)c1ccc([N+](=O)[O-])cc1. The molecule has 0 spiro atoms. The fourth-order valence-corrected chi connectivity index (χ4v) is 2.95. The summed E-state index contributed by atoms with van der Waals surface area (Å²) >= 11 is 0. The molecule has 1 atom stereocenters. The molecule has 140 valence electrons. The topological polar surface area (TPSA) is 80.5 Å². The molecule has 1 unspecified atom stereocenters. The van der Waals surface area contributed by atoms with Crippen molar-refractivity contribution in [3.63, 3.8) is 0 Å². The molecule has 0 heterocycles. The summed E-state index contributed by atoms with van der Waals surface area (Å²) in [4.78, 5) is 36.9. The Bertz CT molecular complexity index is 957. The van der Waals surface area contributed by atoms with Crippen molar-refractivity contribution < 1.29 is 14.5 Å². The van der Waals surface area contributed by atoms with E-state index in [2.05, 4.69) is 0 Å². The van der Waals surface area contributed by atoms with E-state index in [9.17, 15) is 19.7 Å². The van der Waals surface area contributed by atoms with E-state index >= 15 is 0 Å². The largest absolute Gasteiger partial charge is 0.320 e. The number of hydrogen-bond acceptors (Lipinski definition) is 4. The Morgan fingerprint density at radius 3 is 2.04 bits per heavy atom. The first kappa shape index (κ1) is 19.0. The number of rotatable bonds is 7. The Hall–Kier alpha value is -3.80. The molecule has 0 aromatic heterocycles. The summed E-state index contributed by atoms with van der Waals surface area (Å²) in [5.74, 6) is -0.375. The summed E-state index contributed by atoms with van der Waals surface area (Å²) in [6, 6.07) is 23.0. The maximum Gasteiger partial charge on any atom is 0.269 e. The number of benzene rings is 3. The van der Waals surface area contributed by atoms with Crippen LogP contribution >= 0.6 is 0 Å². The van der Waals surface area contributed by atoms with Crippen molar-refractivity contribution in [1.82, 2.24) is 4.90 Å². The summed E-state index contributed by atoms with van der Waals surface area (Å²) in [6.07, 6.45) is 0.738. The molecule has 3 aromatic rings. The normalized spacial score (nSPS) is 11.4. The smallest absolute Gasteiger partial charge is 0.269 e. The number of non-ortho nitro benzene ring substituents is 1. The molecule has 3 rings (SSSR count). The summed E-state index contributed by atoms with van der Waals surface area (Å²) < 4.78 is 0. The first-order chi connectivity index (χ1) is 13.6. The van der Waals surface area contributed by atoms with Gasteiger partial charge in [0.15, 0.2) is 0 Å². The quantitative estimate of drug-likeness (QED) is 0.353. The molecule has 0 aliphatic heterocycles. The Morgan fingerprint density at radius 1 is 0.929 bits per heavy atom. The maximum absolute atomic E-state index is 13.2. The van der Waals surface area contributed by atoms with Crippen LogP contribution in [0.15, 0.2) is 84.9 Å². The highest BCUT2D eigenvalue weighted by Gasteiger charge is 2.26. The van der Waals surface area contributed by atoms with E-state index < -0.39 is 11.0 Å². The van der Waals surface area contributed by atoms with Crippen LogP contribution in [-0.2, 0) is 11.3 Å². The van der Waals surface area contributed by atoms with Gasteiger partial charge in [0.2, 0.25) is 0 Å². The molecule has 6 heteroatoms. The van der Waals surface area contributed by atoms with Crippen LogP contribution in [0.5, 0.6) is 0 Å². The summed E-state index contributed by atoms with van der Waals surface area (Å²) in [6.45, 7) is 0.231. The highest BCUT2D eigenvalue weighted by atomic mass is 16.6. The molecule has 0 N–H and O–H groups in total. The second-order valence-electron chi connectivity index (χ2n) is 6.21. The summed E-state index contributed by atoms with van der Waals surface area (Å²) in [5, 5.41) is 10.9. The second kappa shape index (κ2) is 8.73. The van der Waals surface area contributed by atoms with Crippen LogP contribution < -0.4 is 0 Å². The Morgan fingerprint density at radius 2 is 1.50 bits per heavy atom. The third kappa shape index (κ3) is 4.29. The van der Waals surface area contributed by atoms with E-state index in [0.29, 0.717) is 5.56 Å². The van der Waals surface area contributed by atoms with Crippen LogP contribution in [0.1, 0.15) is 27.5 Å². The molecule has 6 nitrogen and oxygen atoms in total. The van der Waals surface area contributed by atoms with Crippen LogP contribution in [0, 0.1) is 10.1 Å². The van der Waals surface area contributed by atoms with Crippen LogP contribution in [0.25, 0.3) is 0 Å². The number of aldehydes is 1. The maximum atomic E-state index is 13.2. The van der Waals surface area contributed by atoms with Crippen molar-refractivity contribution in [2.45, 2.75) is 12.6 Å². The Labute approximate surface area is 162 Å². The van der Waals surface area contributed by atoms with E-state index in [4.69, 9.17) is 0 Å². The van der Waals surface area contributed by atoms with Gasteiger partial charge in [-0.2, -0.15) is 0 Å². The molecular formula is C22H18N2O4. The van der Waals surface area contributed by atoms with Crippen molar-refractivity contribution in [3.8, 4) is 0 Å². The van der Waals surface area contributed by atoms with E-state index in [1.807, 2.05) is 48.5 Å². The second-order valence-corrected chi connectivity index (χ2v) is 6.21. The van der Waals surface area contributed by atoms with E-state index in [1.54, 1.807) is 12.1 Å². The van der Waals surface area contributed by atoms with Gasteiger partial charge in [-0.1, -0.05) is 60.7 Å². The van der Waals surface area contributed by atoms with Gasteiger partial charge in [-0.3, -0.25) is 14.9 Å². The van der Waals surface area contributed by atoms with Gasteiger partial charge >= 0.3 is 0 Å². The molecular weight excluding hydrogens is 356 g/mol. The zero-order valence-corrected chi connectivity index (χ0v) is 15.0.